The molecule has 0 radical (unpaired) electrons. The van der Waals surface area contributed by atoms with Crippen LogP contribution in [-0.4, -0.2) is 10.5 Å². The van der Waals surface area contributed by atoms with Crippen molar-refractivity contribution in [1.82, 2.24) is 9.88 Å². The number of alkyl halides is 3. The van der Waals surface area contributed by atoms with Gasteiger partial charge < -0.3 is 5.32 Å². The number of amides is 1. The average Bonchev–Trinajstić information content (AvgIpc) is 2.67. The van der Waals surface area contributed by atoms with E-state index in [1.165, 1.54) is 24.3 Å². The molecule has 150 valence electrons. The van der Waals surface area contributed by atoms with E-state index in [9.17, 15) is 22.8 Å². The lowest BCUT2D eigenvalue weighted by atomic mass is 10.1. The second-order valence-electron chi connectivity index (χ2n) is 6.39. The summed E-state index contributed by atoms with van der Waals surface area (Å²) >= 11 is 5.82. The van der Waals surface area contributed by atoms with Crippen LogP contribution in [0.25, 0.3) is 5.69 Å². The normalized spacial score (nSPS) is 11.3. The Balaban J connectivity index is 1.92. The number of halogens is 4. The van der Waals surface area contributed by atoms with E-state index >= 15 is 0 Å². The number of nitrogens with one attached hydrogen (secondary N) is 1. The molecule has 3 aromatic rings. The maximum absolute atomic E-state index is 13.0. The Kier molecular flexibility index (Phi) is 5.79. The number of pyridine rings is 1. The van der Waals surface area contributed by atoms with Crippen LogP contribution in [0.2, 0.25) is 5.02 Å². The summed E-state index contributed by atoms with van der Waals surface area (Å²) in [6.45, 7) is 1.75. The summed E-state index contributed by atoms with van der Waals surface area (Å²) in [6.07, 6.45) is -4.54. The summed E-state index contributed by atoms with van der Waals surface area (Å²) in [4.78, 5) is 25.3. The first-order chi connectivity index (χ1) is 13.7. The molecule has 0 saturated heterocycles. The smallest absolute Gasteiger partial charge is 0.348 e. The molecule has 2 aromatic carbocycles. The van der Waals surface area contributed by atoms with Gasteiger partial charge in [0.15, 0.2) is 0 Å². The quantitative estimate of drug-likeness (QED) is 0.662. The standard InChI is InChI=1S/C21H16ClF3N2O2/c1-13-5-10-18(19(28)26-12-14-6-8-16(22)9-7-14)20(29)27(13)17-4-2-3-15(11-17)21(23,24)25/h2-11H,12H2,1H3,(H,26,28). The van der Waals surface area contributed by atoms with Crippen LogP contribution in [0, 0.1) is 6.92 Å². The van der Waals surface area contributed by atoms with Crippen molar-refractivity contribution >= 4 is 17.5 Å². The predicted molar refractivity (Wildman–Crippen MR) is 104 cm³/mol. The van der Waals surface area contributed by atoms with Crippen molar-refractivity contribution < 1.29 is 18.0 Å². The van der Waals surface area contributed by atoms with Gasteiger partial charge in [0, 0.05) is 22.9 Å². The summed E-state index contributed by atoms with van der Waals surface area (Å²) in [7, 11) is 0. The highest BCUT2D eigenvalue weighted by atomic mass is 35.5. The van der Waals surface area contributed by atoms with Crippen LogP contribution in [0.5, 0.6) is 0 Å². The highest BCUT2D eigenvalue weighted by Gasteiger charge is 2.30. The molecule has 0 unspecified atom stereocenters. The Morgan fingerprint density at radius 2 is 1.76 bits per heavy atom. The lowest BCUT2D eigenvalue weighted by Crippen LogP contribution is -2.33. The van der Waals surface area contributed by atoms with Gasteiger partial charge in [-0.3, -0.25) is 14.2 Å². The van der Waals surface area contributed by atoms with Crippen LogP contribution in [-0.2, 0) is 12.7 Å². The van der Waals surface area contributed by atoms with Gasteiger partial charge in [-0.05, 0) is 55.0 Å². The number of nitrogens with zero attached hydrogens (tertiary/aromatic N) is 1. The molecular formula is C21H16ClF3N2O2. The van der Waals surface area contributed by atoms with Gasteiger partial charge in [-0.25, -0.2) is 0 Å². The minimum absolute atomic E-state index is 0.0367. The van der Waals surface area contributed by atoms with E-state index in [0.29, 0.717) is 10.7 Å². The largest absolute Gasteiger partial charge is 0.416 e. The van der Waals surface area contributed by atoms with E-state index < -0.39 is 23.2 Å². The Bertz CT molecular complexity index is 1110. The molecule has 1 N–H and O–H groups in total. The number of hydrogen-bond donors (Lipinski definition) is 1. The zero-order chi connectivity index (χ0) is 21.2. The van der Waals surface area contributed by atoms with Crippen molar-refractivity contribution in [2.24, 2.45) is 0 Å². The number of aromatic nitrogens is 1. The molecule has 0 bridgehead atoms. The molecule has 29 heavy (non-hydrogen) atoms. The number of rotatable bonds is 4. The van der Waals surface area contributed by atoms with Crippen LogP contribution in [0.3, 0.4) is 0 Å². The van der Waals surface area contributed by atoms with Crippen molar-refractivity contribution in [1.29, 1.82) is 0 Å². The Labute approximate surface area is 169 Å². The van der Waals surface area contributed by atoms with Crippen molar-refractivity contribution in [2.45, 2.75) is 19.6 Å². The highest BCUT2D eigenvalue weighted by Crippen LogP contribution is 2.30. The van der Waals surface area contributed by atoms with E-state index in [0.717, 1.165) is 22.3 Å². The van der Waals surface area contributed by atoms with Gasteiger partial charge in [0.25, 0.3) is 11.5 Å². The van der Waals surface area contributed by atoms with E-state index in [1.807, 2.05) is 0 Å². The molecule has 0 atom stereocenters. The van der Waals surface area contributed by atoms with Crippen molar-refractivity contribution in [3.63, 3.8) is 0 Å². The molecule has 1 amide bonds. The molecule has 0 fully saturated rings. The minimum atomic E-state index is -4.54. The second kappa shape index (κ2) is 8.13. The molecule has 0 saturated carbocycles. The predicted octanol–water partition coefficient (Wildman–Crippen LogP) is 4.75. The Morgan fingerprint density at radius 3 is 2.41 bits per heavy atom. The van der Waals surface area contributed by atoms with Crippen LogP contribution in [0.15, 0.2) is 65.5 Å². The molecule has 3 rings (SSSR count). The third-order valence-corrected chi connectivity index (χ3v) is 4.57. The first kappa shape index (κ1) is 20.7. The summed E-state index contributed by atoms with van der Waals surface area (Å²) in [6, 6.07) is 14.1. The third-order valence-electron chi connectivity index (χ3n) is 4.32. The topological polar surface area (TPSA) is 51.1 Å². The van der Waals surface area contributed by atoms with Gasteiger partial charge in [-0.2, -0.15) is 13.2 Å². The maximum atomic E-state index is 13.0. The van der Waals surface area contributed by atoms with Crippen molar-refractivity contribution in [3.8, 4) is 5.69 Å². The average molecular weight is 421 g/mol. The van der Waals surface area contributed by atoms with Gasteiger partial charge >= 0.3 is 6.18 Å². The van der Waals surface area contributed by atoms with Crippen LogP contribution >= 0.6 is 11.6 Å². The summed E-state index contributed by atoms with van der Waals surface area (Å²) in [5.41, 5.74) is -0.509. The minimum Gasteiger partial charge on any atom is -0.348 e. The molecule has 1 aromatic heterocycles. The fourth-order valence-corrected chi connectivity index (χ4v) is 2.95. The number of hydrogen-bond acceptors (Lipinski definition) is 2. The fraction of sp³-hybridized carbons (Fsp3) is 0.143. The summed E-state index contributed by atoms with van der Waals surface area (Å²) in [5, 5.41) is 3.19. The van der Waals surface area contributed by atoms with Gasteiger partial charge in [0.05, 0.1) is 5.56 Å². The maximum Gasteiger partial charge on any atom is 0.416 e. The van der Waals surface area contributed by atoms with Gasteiger partial charge in [0.1, 0.15) is 5.56 Å². The lowest BCUT2D eigenvalue weighted by molar-refractivity contribution is -0.137. The monoisotopic (exact) mass is 420 g/mol. The molecule has 0 aliphatic rings. The first-order valence-corrected chi connectivity index (χ1v) is 8.97. The van der Waals surface area contributed by atoms with Gasteiger partial charge in [0.2, 0.25) is 0 Å². The number of carbonyl (C=O) groups excluding carboxylic acids is 1. The second-order valence-corrected chi connectivity index (χ2v) is 6.82. The number of aryl methyl sites for hydroxylation is 1. The zero-order valence-corrected chi connectivity index (χ0v) is 16.0. The van der Waals surface area contributed by atoms with E-state index in [-0.39, 0.29) is 17.8 Å². The Morgan fingerprint density at radius 1 is 1.07 bits per heavy atom. The third kappa shape index (κ3) is 4.68. The zero-order valence-electron chi connectivity index (χ0n) is 15.3. The van der Waals surface area contributed by atoms with Crippen LogP contribution < -0.4 is 10.9 Å². The fourth-order valence-electron chi connectivity index (χ4n) is 2.83. The van der Waals surface area contributed by atoms with Crippen molar-refractivity contribution in [3.05, 3.63) is 98.4 Å². The molecule has 0 aliphatic heterocycles. The highest BCUT2D eigenvalue weighted by molar-refractivity contribution is 6.30. The van der Waals surface area contributed by atoms with Gasteiger partial charge in [-0.1, -0.05) is 29.8 Å². The van der Waals surface area contributed by atoms with Crippen molar-refractivity contribution in [2.75, 3.05) is 0 Å². The van der Waals surface area contributed by atoms with E-state index in [2.05, 4.69) is 5.32 Å². The summed E-state index contributed by atoms with van der Waals surface area (Å²) in [5.74, 6) is -0.620. The van der Waals surface area contributed by atoms with E-state index in [4.69, 9.17) is 11.6 Å². The SMILES string of the molecule is Cc1ccc(C(=O)NCc2ccc(Cl)cc2)c(=O)n1-c1cccc(C(F)(F)F)c1. The van der Waals surface area contributed by atoms with Gasteiger partial charge in [-0.15, -0.1) is 0 Å². The molecule has 0 aliphatic carbocycles. The molecule has 8 heteroatoms. The van der Waals surface area contributed by atoms with Crippen LogP contribution in [0.4, 0.5) is 13.2 Å². The molecule has 0 spiro atoms. The first-order valence-electron chi connectivity index (χ1n) is 8.60. The Hall–Kier alpha value is -3.06. The summed E-state index contributed by atoms with van der Waals surface area (Å²) < 4.78 is 40.1. The molecular weight excluding hydrogens is 405 g/mol. The lowest BCUT2D eigenvalue weighted by Gasteiger charge is -2.14. The molecule has 4 nitrogen and oxygen atoms in total. The number of benzene rings is 2. The van der Waals surface area contributed by atoms with Crippen LogP contribution in [0.1, 0.15) is 27.2 Å². The van der Waals surface area contributed by atoms with E-state index in [1.54, 1.807) is 31.2 Å². The molecule has 1 heterocycles. The number of carbonyl (C=O) groups is 1.